The molecule has 1 saturated heterocycles. The van der Waals surface area contributed by atoms with E-state index in [0.29, 0.717) is 36.1 Å². The third-order valence-electron chi connectivity index (χ3n) is 3.53. The summed E-state index contributed by atoms with van der Waals surface area (Å²) in [5.41, 5.74) is 0.569. The number of carbonyl (C=O) groups is 1. The summed E-state index contributed by atoms with van der Waals surface area (Å²) in [5, 5.41) is 5.99. The number of hydrogen-bond donors (Lipinski definition) is 2. The van der Waals surface area contributed by atoms with Crippen molar-refractivity contribution in [2.24, 2.45) is 0 Å². The zero-order valence-electron chi connectivity index (χ0n) is 13.7. The van der Waals surface area contributed by atoms with Gasteiger partial charge in [0.05, 0.1) is 34.0 Å². The lowest BCUT2D eigenvalue weighted by molar-refractivity contribution is -0.123. The van der Waals surface area contributed by atoms with Crippen LogP contribution in [-0.2, 0) is 9.53 Å². The van der Waals surface area contributed by atoms with E-state index in [1.165, 1.54) is 21.3 Å². The Morgan fingerprint density at radius 2 is 1.83 bits per heavy atom. The summed E-state index contributed by atoms with van der Waals surface area (Å²) in [4.78, 5) is 12.4. The lowest BCUT2D eigenvalue weighted by atomic mass is 10.1. The van der Waals surface area contributed by atoms with Gasteiger partial charge in [0.1, 0.15) is 6.04 Å². The van der Waals surface area contributed by atoms with Crippen LogP contribution in [0.4, 0.5) is 5.69 Å². The maximum Gasteiger partial charge on any atom is 0.244 e. The van der Waals surface area contributed by atoms with Crippen molar-refractivity contribution < 1.29 is 23.7 Å². The Hall–Kier alpha value is -1.70. The van der Waals surface area contributed by atoms with Gasteiger partial charge in [0.25, 0.3) is 0 Å². The molecule has 1 amide bonds. The summed E-state index contributed by atoms with van der Waals surface area (Å²) in [6.45, 7) is 3.12. The zero-order chi connectivity index (χ0) is 16.1. The van der Waals surface area contributed by atoms with Gasteiger partial charge in [0, 0.05) is 24.4 Å². The first-order valence-electron chi connectivity index (χ1n) is 7.06. The molecule has 1 fully saturated rings. The van der Waals surface area contributed by atoms with Gasteiger partial charge in [-0.05, 0) is 6.92 Å². The molecule has 2 atom stereocenters. The number of ether oxygens (including phenoxy) is 4. The van der Waals surface area contributed by atoms with Crippen LogP contribution < -0.4 is 24.8 Å². The maximum absolute atomic E-state index is 12.4. The second-order valence-corrected chi connectivity index (χ2v) is 4.91. The number of rotatable bonds is 5. The highest BCUT2D eigenvalue weighted by Gasteiger charge is 2.28. The van der Waals surface area contributed by atoms with Gasteiger partial charge in [0.15, 0.2) is 11.5 Å². The molecule has 2 N–H and O–H groups in total. The molecule has 1 heterocycles. The molecule has 0 aromatic heterocycles. The highest BCUT2D eigenvalue weighted by atomic mass is 35.5. The topological polar surface area (TPSA) is 78.1 Å². The molecule has 1 aromatic carbocycles. The minimum atomic E-state index is -0.396. The first-order valence-corrected chi connectivity index (χ1v) is 7.06. The molecule has 8 heteroatoms. The van der Waals surface area contributed by atoms with E-state index in [9.17, 15) is 4.79 Å². The van der Waals surface area contributed by atoms with Crippen molar-refractivity contribution in [1.82, 2.24) is 5.32 Å². The minimum Gasteiger partial charge on any atom is -0.493 e. The summed E-state index contributed by atoms with van der Waals surface area (Å²) in [7, 11) is 4.59. The second-order valence-electron chi connectivity index (χ2n) is 4.91. The SMILES string of the molecule is COc1cc(NC(=O)[C@H]2NCCO[C@@H]2C)cc(OC)c1OC.Cl. The average Bonchev–Trinajstić information content (AvgIpc) is 2.54. The number of morpholine rings is 1. The van der Waals surface area contributed by atoms with E-state index >= 15 is 0 Å². The molecular formula is C15H23ClN2O5. The number of hydrogen-bond acceptors (Lipinski definition) is 6. The standard InChI is InChI=1S/C15H22N2O5.ClH/c1-9-13(16-5-6-22-9)15(18)17-10-7-11(19-2)14(21-4)12(8-10)20-3;/h7-9,13,16H,5-6H2,1-4H3,(H,17,18);1H/t9-,13+;/m1./s1. The number of amides is 1. The highest BCUT2D eigenvalue weighted by molar-refractivity contribution is 5.96. The molecule has 0 spiro atoms. The number of benzene rings is 1. The number of carbonyl (C=O) groups excluding carboxylic acids is 1. The Morgan fingerprint density at radius 1 is 1.22 bits per heavy atom. The lowest BCUT2D eigenvalue weighted by Crippen LogP contribution is -2.53. The Labute approximate surface area is 142 Å². The normalized spacial score (nSPS) is 20.2. The lowest BCUT2D eigenvalue weighted by Gasteiger charge is -2.29. The van der Waals surface area contributed by atoms with Crippen LogP contribution in [0.5, 0.6) is 17.2 Å². The van der Waals surface area contributed by atoms with Gasteiger partial charge in [-0.25, -0.2) is 0 Å². The predicted octanol–water partition coefficient (Wildman–Crippen LogP) is 1.45. The molecule has 0 bridgehead atoms. The van der Waals surface area contributed by atoms with Crippen molar-refractivity contribution in [1.29, 1.82) is 0 Å². The van der Waals surface area contributed by atoms with Gasteiger partial charge in [0.2, 0.25) is 11.7 Å². The first-order chi connectivity index (χ1) is 10.6. The van der Waals surface area contributed by atoms with E-state index in [-0.39, 0.29) is 24.4 Å². The highest BCUT2D eigenvalue weighted by Crippen LogP contribution is 2.39. The first kappa shape index (κ1) is 19.3. The van der Waals surface area contributed by atoms with E-state index in [1.807, 2.05) is 6.92 Å². The number of anilines is 1. The van der Waals surface area contributed by atoms with Crippen LogP contribution in [0.2, 0.25) is 0 Å². The summed E-state index contributed by atoms with van der Waals surface area (Å²) in [5.74, 6) is 1.29. The van der Waals surface area contributed by atoms with Gasteiger partial charge in [-0.2, -0.15) is 0 Å². The molecule has 1 aliphatic rings. The molecule has 1 aromatic rings. The van der Waals surface area contributed by atoms with Gasteiger partial charge < -0.3 is 29.6 Å². The Bertz CT molecular complexity index is 516. The maximum atomic E-state index is 12.4. The van der Waals surface area contributed by atoms with Gasteiger partial charge >= 0.3 is 0 Å². The fraction of sp³-hybridized carbons (Fsp3) is 0.533. The third kappa shape index (κ3) is 4.40. The largest absolute Gasteiger partial charge is 0.493 e. The van der Waals surface area contributed by atoms with Crippen LogP contribution in [0.3, 0.4) is 0 Å². The van der Waals surface area contributed by atoms with Crippen LogP contribution in [0.1, 0.15) is 6.92 Å². The Morgan fingerprint density at radius 3 is 2.30 bits per heavy atom. The van der Waals surface area contributed by atoms with Crippen molar-refractivity contribution in [3.05, 3.63) is 12.1 Å². The number of nitrogens with one attached hydrogen (secondary N) is 2. The molecule has 0 saturated carbocycles. The van der Waals surface area contributed by atoms with E-state index in [4.69, 9.17) is 18.9 Å². The van der Waals surface area contributed by atoms with E-state index in [0.717, 1.165) is 0 Å². The van der Waals surface area contributed by atoms with Crippen molar-refractivity contribution in [3.8, 4) is 17.2 Å². The summed E-state index contributed by atoms with van der Waals surface area (Å²) in [6, 6.07) is 2.98. The molecule has 2 rings (SSSR count). The van der Waals surface area contributed by atoms with E-state index < -0.39 is 6.04 Å². The quantitative estimate of drug-likeness (QED) is 0.840. The van der Waals surface area contributed by atoms with Crippen LogP contribution >= 0.6 is 12.4 Å². The summed E-state index contributed by atoms with van der Waals surface area (Å²) >= 11 is 0. The fourth-order valence-electron chi connectivity index (χ4n) is 2.40. The molecule has 23 heavy (non-hydrogen) atoms. The molecule has 7 nitrogen and oxygen atoms in total. The van der Waals surface area contributed by atoms with E-state index in [1.54, 1.807) is 12.1 Å². The van der Waals surface area contributed by atoms with Crippen LogP contribution in [0, 0.1) is 0 Å². The van der Waals surface area contributed by atoms with Crippen molar-refractivity contribution >= 4 is 24.0 Å². The molecule has 0 unspecified atom stereocenters. The van der Waals surface area contributed by atoms with E-state index in [2.05, 4.69) is 10.6 Å². The Kier molecular flexibility index (Phi) is 7.41. The molecule has 1 aliphatic heterocycles. The van der Waals surface area contributed by atoms with Gasteiger partial charge in [-0.3, -0.25) is 4.79 Å². The van der Waals surface area contributed by atoms with Crippen LogP contribution in [-0.4, -0.2) is 52.5 Å². The van der Waals surface area contributed by atoms with Crippen molar-refractivity contribution in [2.45, 2.75) is 19.1 Å². The van der Waals surface area contributed by atoms with Crippen LogP contribution in [0.25, 0.3) is 0 Å². The molecule has 130 valence electrons. The van der Waals surface area contributed by atoms with Gasteiger partial charge in [-0.15, -0.1) is 12.4 Å². The smallest absolute Gasteiger partial charge is 0.244 e. The molecule has 0 radical (unpaired) electrons. The zero-order valence-corrected chi connectivity index (χ0v) is 14.5. The fourth-order valence-corrected chi connectivity index (χ4v) is 2.40. The summed E-state index contributed by atoms with van der Waals surface area (Å²) < 4.78 is 21.3. The summed E-state index contributed by atoms with van der Waals surface area (Å²) in [6.07, 6.45) is -0.184. The second kappa shape index (κ2) is 8.81. The monoisotopic (exact) mass is 346 g/mol. The van der Waals surface area contributed by atoms with Crippen LogP contribution in [0.15, 0.2) is 12.1 Å². The molecule has 0 aliphatic carbocycles. The Balaban J connectivity index is 0.00000264. The minimum absolute atomic E-state index is 0. The third-order valence-corrected chi connectivity index (χ3v) is 3.53. The van der Waals surface area contributed by atoms with Gasteiger partial charge in [-0.1, -0.05) is 0 Å². The number of halogens is 1. The van der Waals surface area contributed by atoms with Crippen molar-refractivity contribution in [3.63, 3.8) is 0 Å². The predicted molar refractivity (Wildman–Crippen MR) is 89.2 cm³/mol. The van der Waals surface area contributed by atoms with Crippen molar-refractivity contribution in [2.75, 3.05) is 39.8 Å². The number of methoxy groups -OCH3 is 3. The average molecular weight is 347 g/mol. The molecular weight excluding hydrogens is 324 g/mol.